The van der Waals surface area contributed by atoms with Gasteiger partial charge in [0.1, 0.15) is 4.62 Å². The molecule has 3 heteroatoms. The van der Waals surface area contributed by atoms with Crippen molar-refractivity contribution in [2.75, 3.05) is 6.54 Å². The van der Waals surface area contributed by atoms with Gasteiger partial charge in [-0.25, -0.2) is 0 Å². The van der Waals surface area contributed by atoms with Crippen molar-refractivity contribution in [2.45, 2.75) is 0 Å². The highest BCUT2D eigenvalue weighted by Crippen LogP contribution is 1.96. The smallest absolute Gasteiger partial charge is 0.108 e. The van der Waals surface area contributed by atoms with Gasteiger partial charge in [-0.05, 0) is 15.9 Å². The number of rotatable bonds is 0. The van der Waals surface area contributed by atoms with Crippen molar-refractivity contribution in [1.82, 2.24) is 5.43 Å². The van der Waals surface area contributed by atoms with Crippen molar-refractivity contribution in [2.24, 2.45) is 5.10 Å². The maximum absolute atomic E-state index is 3.76. The van der Waals surface area contributed by atoms with E-state index in [0.717, 1.165) is 11.2 Å². The van der Waals surface area contributed by atoms with Crippen LogP contribution in [0.1, 0.15) is 0 Å². The molecule has 0 unspecified atom stereocenters. The molecule has 0 amide bonds. The summed E-state index contributed by atoms with van der Waals surface area (Å²) in [4.78, 5) is 0. The molecule has 1 heterocycles. The van der Waals surface area contributed by atoms with Crippen LogP contribution in [0.25, 0.3) is 0 Å². The van der Waals surface area contributed by atoms with Crippen LogP contribution in [0.5, 0.6) is 0 Å². The van der Waals surface area contributed by atoms with Gasteiger partial charge in [0, 0.05) is 13.0 Å². The molecule has 1 aliphatic rings. The molecule has 0 bridgehead atoms. The van der Waals surface area contributed by atoms with Crippen LogP contribution < -0.4 is 5.43 Å². The fraction of sp³-hybridized carbons (Fsp3) is 0.333. The SMILES string of the molecule is BrC1=NNC[CH]1. The van der Waals surface area contributed by atoms with Gasteiger partial charge in [-0.3, -0.25) is 0 Å². The Hall–Kier alpha value is -0.0500. The van der Waals surface area contributed by atoms with Crippen LogP contribution in [0.4, 0.5) is 0 Å². The first-order valence-electron chi connectivity index (χ1n) is 1.69. The van der Waals surface area contributed by atoms with Crippen LogP contribution in [0.2, 0.25) is 0 Å². The van der Waals surface area contributed by atoms with Crippen LogP contribution in [0.15, 0.2) is 5.10 Å². The lowest BCUT2D eigenvalue weighted by Gasteiger charge is -1.75. The summed E-state index contributed by atoms with van der Waals surface area (Å²) in [6, 6.07) is 0. The summed E-state index contributed by atoms with van der Waals surface area (Å²) in [5.41, 5.74) is 2.76. The quantitative estimate of drug-likeness (QED) is 0.531. The monoisotopic (exact) mass is 147 g/mol. The number of hydrazone groups is 1. The van der Waals surface area contributed by atoms with E-state index in [1.54, 1.807) is 0 Å². The third-order valence-corrected chi connectivity index (χ3v) is 1.05. The molecule has 1 radical (unpaired) electrons. The van der Waals surface area contributed by atoms with E-state index in [1.165, 1.54) is 0 Å². The highest BCUT2D eigenvalue weighted by Gasteiger charge is 1.98. The predicted octanol–water partition coefficient (Wildman–Crippen LogP) is 0.502. The minimum absolute atomic E-state index is 0.862. The number of hydrogen-bond donors (Lipinski definition) is 1. The summed E-state index contributed by atoms with van der Waals surface area (Å²) < 4.78 is 0.905. The summed E-state index contributed by atoms with van der Waals surface area (Å²) in [6.07, 6.45) is 1.96. The van der Waals surface area contributed by atoms with Gasteiger partial charge in [-0.1, -0.05) is 0 Å². The van der Waals surface area contributed by atoms with Gasteiger partial charge in [0.25, 0.3) is 0 Å². The van der Waals surface area contributed by atoms with Crippen LogP contribution in [0, 0.1) is 6.42 Å². The van der Waals surface area contributed by atoms with Gasteiger partial charge in [-0.2, -0.15) is 5.10 Å². The van der Waals surface area contributed by atoms with Gasteiger partial charge < -0.3 is 5.43 Å². The van der Waals surface area contributed by atoms with Crippen molar-refractivity contribution < 1.29 is 0 Å². The molecule has 0 aromatic heterocycles. The summed E-state index contributed by atoms with van der Waals surface area (Å²) in [7, 11) is 0. The molecule has 2 nitrogen and oxygen atoms in total. The number of nitrogens with zero attached hydrogens (tertiary/aromatic N) is 1. The molecular weight excluding hydrogens is 144 g/mol. The molecular formula is C3H4BrN2. The van der Waals surface area contributed by atoms with Gasteiger partial charge in [0.2, 0.25) is 0 Å². The first-order valence-corrected chi connectivity index (χ1v) is 2.48. The second kappa shape index (κ2) is 1.60. The van der Waals surface area contributed by atoms with Gasteiger partial charge in [-0.15, -0.1) is 0 Å². The van der Waals surface area contributed by atoms with E-state index in [-0.39, 0.29) is 0 Å². The molecule has 1 N–H and O–H groups in total. The molecule has 1 aliphatic heterocycles. The number of nitrogens with one attached hydrogen (secondary N) is 1. The van der Waals surface area contributed by atoms with Crippen LogP contribution in [-0.2, 0) is 0 Å². The summed E-state index contributed by atoms with van der Waals surface area (Å²) in [5.74, 6) is 0. The van der Waals surface area contributed by atoms with E-state index in [2.05, 4.69) is 26.5 Å². The molecule has 0 spiro atoms. The maximum atomic E-state index is 3.76. The normalized spacial score (nSPS) is 19.8. The molecule has 0 aliphatic carbocycles. The van der Waals surface area contributed by atoms with Gasteiger partial charge in [0.05, 0.1) is 0 Å². The van der Waals surface area contributed by atoms with Crippen molar-refractivity contribution >= 4 is 20.6 Å². The Balaban J connectivity index is 2.45. The molecule has 0 aromatic carbocycles. The lowest BCUT2D eigenvalue weighted by Crippen LogP contribution is -1.97. The summed E-state index contributed by atoms with van der Waals surface area (Å²) >= 11 is 3.17. The lowest BCUT2D eigenvalue weighted by molar-refractivity contribution is 0.854. The minimum atomic E-state index is 0.862. The van der Waals surface area contributed by atoms with Gasteiger partial charge in [0.15, 0.2) is 0 Å². The first-order chi connectivity index (χ1) is 2.89. The molecule has 0 fully saturated rings. The molecule has 0 atom stereocenters. The third-order valence-electron chi connectivity index (χ3n) is 0.548. The highest BCUT2D eigenvalue weighted by atomic mass is 79.9. The topological polar surface area (TPSA) is 24.4 Å². The Bertz CT molecular complexity index is 78.9. The van der Waals surface area contributed by atoms with E-state index >= 15 is 0 Å². The van der Waals surface area contributed by atoms with E-state index < -0.39 is 0 Å². The zero-order valence-corrected chi connectivity index (χ0v) is 4.70. The van der Waals surface area contributed by atoms with Crippen molar-refractivity contribution in [3.63, 3.8) is 0 Å². The summed E-state index contributed by atoms with van der Waals surface area (Å²) in [6.45, 7) is 0.862. The highest BCUT2D eigenvalue weighted by molar-refractivity contribution is 9.18. The second-order valence-electron chi connectivity index (χ2n) is 1.00. The van der Waals surface area contributed by atoms with E-state index in [4.69, 9.17) is 0 Å². The standard InChI is InChI=1S/C3H4BrN2/c4-3-1-2-5-6-3/h1,5H,2H2. The molecule has 6 heavy (non-hydrogen) atoms. The molecule has 0 saturated heterocycles. The predicted molar refractivity (Wildman–Crippen MR) is 28.7 cm³/mol. The van der Waals surface area contributed by atoms with E-state index in [1.807, 2.05) is 6.42 Å². The second-order valence-corrected chi connectivity index (χ2v) is 1.81. The summed E-state index contributed by atoms with van der Waals surface area (Å²) in [5, 5.41) is 3.76. The largest absolute Gasteiger partial charge is 0.309 e. The van der Waals surface area contributed by atoms with Gasteiger partial charge >= 0.3 is 0 Å². The van der Waals surface area contributed by atoms with Crippen LogP contribution in [-0.4, -0.2) is 11.2 Å². The third kappa shape index (κ3) is 0.712. The zero-order valence-electron chi connectivity index (χ0n) is 3.11. The Kier molecular flexibility index (Phi) is 1.10. The minimum Gasteiger partial charge on any atom is -0.309 e. The van der Waals surface area contributed by atoms with Crippen molar-refractivity contribution in [1.29, 1.82) is 0 Å². The Labute approximate surface area is 44.7 Å². The molecule has 1 rings (SSSR count). The van der Waals surface area contributed by atoms with Crippen molar-refractivity contribution in [3.8, 4) is 0 Å². The Morgan fingerprint density at radius 2 is 2.83 bits per heavy atom. The van der Waals surface area contributed by atoms with Crippen molar-refractivity contribution in [3.05, 3.63) is 6.42 Å². The number of hydrogen-bond acceptors (Lipinski definition) is 2. The average molecular weight is 148 g/mol. The molecule has 33 valence electrons. The molecule has 0 saturated carbocycles. The van der Waals surface area contributed by atoms with Crippen LogP contribution >= 0.6 is 15.9 Å². The Morgan fingerprint density at radius 3 is 3.00 bits per heavy atom. The fourth-order valence-electron chi connectivity index (χ4n) is 0.297. The van der Waals surface area contributed by atoms with E-state index in [9.17, 15) is 0 Å². The van der Waals surface area contributed by atoms with Crippen LogP contribution in [0.3, 0.4) is 0 Å². The zero-order chi connectivity index (χ0) is 4.41. The Morgan fingerprint density at radius 1 is 2.00 bits per heavy atom. The maximum Gasteiger partial charge on any atom is 0.108 e. The molecule has 0 aromatic rings. The first kappa shape index (κ1) is 4.12. The van der Waals surface area contributed by atoms with E-state index in [0.29, 0.717) is 0 Å². The lowest BCUT2D eigenvalue weighted by atomic mass is 10.5. The fourth-order valence-corrected chi connectivity index (χ4v) is 0.584. The number of halogens is 1. The average Bonchev–Trinajstić information content (AvgIpc) is 1.86.